The summed E-state index contributed by atoms with van der Waals surface area (Å²) in [4.78, 5) is 4.22. The number of rotatable bonds is 5. The Kier molecular flexibility index (Phi) is 4.99. The minimum Gasteiger partial charge on any atom is -0.370 e. The molecule has 0 spiro atoms. The molecule has 0 radical (unpaired) electrons. The first-order valence-electron chi connectivity index (χ1n) is 5.64. The summed E-state index contributed by atoms with van der Waals surface area (Å²) in [5, 5.41) is 1.22. The van der Waals surface area contributed by atoms with Crippen LogP contribution in [0.3, 0.4) is 0 Å². The van der Waals surface area contributed by atoms with E-state index in [-0.39, 0.29) is 0 Å². The monoisotopic (exact) mass is 297 g/mol. The lowest BCUT2D eigenvalue weighted by molar-refractivity contribution is 0.105. The Morgan fingerprint density at radius 1 is 1.05 bits per heavy atom. The Bertz CT molecular complexity index is 563. The van der Waals surface area contributed by atoms with Gasteiger partial charge in [0, 0.05) is 5.02 Å². The molecule has 0 aliphatic rings. The summed E-state index contributed by atoms with van der Waals surface area (Å²) in [6.07, 6.45) is 0. The van der Waals surface area contributed by atoms with Gasteiger partial charge in [0.15, 0.2) is 0 Å². The Morgan fingerprint density at radius 3 is 2.58 bits per heavy atom. The van der Waals surface area contributed by atoms with Gasteiger partial charge in [-0.25, -0.2) is 10.8 Å². The van der Waals surface area contributed by atoms with Gasteiger partial charge < -0.3 is 10.2 Å². The average molecular weight is 298 g/mol. The topological polar surface area (TPSA) is 60.2 Å². The Balaban J connectivity index is 1.98. The molecule has 1 aromatic heterocycles. The van der Waals surface area contributed by atoms with Gasteiger partial charge in [0.1, 0.15) is 5.82 Å². The summed E-state index contributed by atoms with van der Waals surface area (Å²) in [5.74, 6) is 5.84. The first-order chi connectivity index (χ1) is 9.20. The van der Waals surface area contributed by atoms with Crippen LogP contribution in [0, 0.1) is 0 Å². The summed E-state index contributed by atoms with van der Waals surface area (Å²) >= 11 is 12.1. The molecule has 0 unspecified atom stereocenters. The Labute approximate surface area is 121 Å². The third-order valence-electron chi connectivity index (χ3n) is 2.52. The van der Waals surface area contributed by atoms with Crippen molar-refractivity contribution in [2.45, 2.75) is 13.2 Å². The van der Waals surface area contributed by atoms with E-state index in [0.29, 0.717) is 34.8 Å². The molecule has 0 saturated heterocycles. The number of nitrogen functional groups attached to an aromatic ring is 1. The molecule has 0 atom stereocenters. The fourth-order valence-electron chi connectivity index (χ4n) is 1.54. The molecule has 0 fully saturated rings. The van der Waals surface area contributed by atoms with Crippen molar-refractivity contribution < 1.29 is 4.74 Å². The number of benzene rings is 1. The molecule has 3 N–H and O–H groups in total. The van der Waals surface area contributed by atoms with Crippen LogP contribution in [0.4, 0.5) is 5.82 Å². The number of ether oxygens (including phenoxy) is 1. The summed E-state index contributed by atoms with van der Waals surface area (Å²) in [5.41, 5.74) is 4.02. The zero-order valence-corrected chi connectivity index (χ0v) is 11.6. The van der Waals surface area contributed by atoms with Crippen LogP contribution in [0.1, 0.15) is 11.3 Å². The fourth-order valence-corrected chi connectivity index (χ4v) is 1.89. The third kappa shape index (κ3) is 3.81. The molecule has 19 heavy (non-hydrogen) atoms. The number of halogens is 2. The summed E-state index contributed by atoms with van der Waals surface area (Å²) in [6, 6.07) is 10.9. The van der Waals surface area contributed by atoms with E-state index in [2.05, 4.69) is 10.4 Å². The molecule has 6 heteroatoms. The molecule has 0 aliphatic carbocycles. The molecule has 0 aliphatic heterocycles. The van der Waals surface area contributed by atoms with E-state index in [0.717, 1.165) is 5.56 Å². The van der Waals surface area contributed by atoms with E-state index >= 15 is 0 Å². The van der Waals surface area contributed by atoms with Gasteiger partial charge in [-0.05, 0) is 23.8 Å². The second kappa shape index (κ2) is 6.73. The highest BCUT2D eigenvalue weighted by Crippen LogP contribution is 2.19. The Morgan fingerprint density at radius 2 is 1.84 bits per heavy atom. The summed E-state index contributed by atoms with van der Waals surface area (Å²) < 4.78 is 5.57. The van der Waals surface area contributed by atoms with Gasteiger partial charge in [-0.15, -0.1) is 0 Å². The molecule has 100 valence electrons. The first-order valence-corrected chi connectivity index (χ1v) is 6.39. The molecule has 0 bridgehead atoms. The van der Waals surface area contributed by atoms with Crippen LogP contribution in [0.25, 0.3) is 0 Å². The molecule has 1 heterocycles. The zero-order valence-electron chi connectivity index (χ0n) is 10.1. The first kappa shape index (κ1) is 14.1. The number of aromatic nitrogens is 1. The molecule has 0 saturated carbocycles. The van der Waals surface area contributed by atoms with Crippen LogP contribution in [0.2, 0.25) is 10.0 Å². The minimum atomic E-state index is 0.291. The highest BCUT2D eigenvalue weighted by molar-refractivity contribution is 6.31. The van der Waals surface area contributed by atoms with Crippen molar-refractivity contribution in [2.75, 3.05) is 5.43 Å². The third-order valence-corrected chi connectivity index (χ3v) is 3.23. The zero-order chi connectivity index (χ0) is 13.7. The largest absolute Gasteiger partial charge is 0.370 e. The molecule has 4 nitrogen and oxygen atoms in total. The average Bonchev–Trinajstić information content (AvgIpc) is 2.43. The lowest BCUT2D eigenvalue weighted by Gasteiger charge is -2.08. The molecule has 2 aromatic rings. The van der Waals surface area contributed by atoms with Crippen molar-refractivity contribution >= 4 is 29.0 Å². The summed E-state index contributed by atoms with van der Waals surface area (Å²) in [6.45, 7) is 0.692. The molecule has 0 amide bonds. The van der Waals surface area contributed by atoms with Crippen molar-refractivity contribution in [3.63, 3.8) is 0 Å². The number of nitrogens with zero attached hydrogens (tertiary/aromatic N) is 1. The van der Waals surface area contributed by atoms with Crippen molar-refractivity contribution in [1.29, 1.82) is 0 Å². The van der Waals surface area contributed by atoms with Crippen LogP contribution < -0.4 is 11.3 Å². The predicted molar refractivity (Wildman–Crippen MR) is 77.0 cm³/mol. The molecular formula is C13H13Cl2N3O. The number of hydrazine groups is 1. The molecule has 2 rings (SSSR count). The van der Waals surface area contributed by atoms with Crippen LogP contribution in [-0.2, 0) is 18.0 Å². The number of nitrogens with two attached hydrogens (primary N) is 1. The van der Waals surface area contributed by atoms with Crippen LogP contribution in [0.5, 0.6) is 0 Å². The van der Waals surface area contributed by atoms with Gasteiger partial charge in [0.2, 0.25) is 0 Å². The van der Waals surface area contributed by atoms with E-state index in [1.165, 1.54) is 0 Å². The van der Waals surface area contributed by atoms with E-state index in [9.17, 15) is 0 Å². The number of nitrogens with one attached hydrogen (secondary N) is 1. The van der Waals surface area contributed by atoms with Crippen LogP contribution in [-0.4, -0.2) is 4.98 Å². The molecular weight excluding hydrogens is 285 g/mol. The van der Waals surface area contributed by atoms with E-state index in [1.807, 2.05) is 24.3 Å². The van der Waals surface area contributed by atoms with Crippen molar-refractivity contribution in [3.05, 3.63) is 57.7 Å². The Hall–Kier alpha value is -1.33. The quantitative estimate of drug-likeness (QED) is 0.656. The number of anilines is 1. The maximum absolute atomic E-state index is 6.04. The van der Waals surface area contributed by atoms with Crippen molar-refractivity contribution in [2.24, 2.45) is 5.84 Å². The maximum atomic E-state index is 6.04. The van der Waals surface area contributed by atoms with Gasteiger partial charge in [-0.1, -0.05) is 41.4 Å². The van der Waals surface area contributed by atoms with Gasteiger partial charge in [-0.3, -0.25) is 0 Å². The normalized spacial score (nSPS) is 10.5. The second-order valence-electron chi connectivity index (χ2n) is 3.85. The van der Waals surface area contributed by atoms with E-state index < -0.39 is 0 Å². The number of pyridine rings is 1. The highest BCUT2D eigenvalue weighted by Gasteiger charge is 2.05. The fraction of sp³-hybridized carbons (Fsp3) is 0.154. The van der Waals surface area contributed by atoms with Gasteiger partial charge in [0.25, 0.3) is 0 Å². The minimum absolute atomic E-state index is 0.291. The van der Waals surface area contributed by atoms with Crippen molar-refractivity contribution in [1.82, 2.24) is 4.98 Å². The van der Waals surface area contributed by atoms with Crippen molar-refractivity contribution in [3.8, 4) is 0 Å². The SMILES string of the molecule is NNc1ccc(Cl)c(COCc2ccccc2Cl)n1. The smallest absolute Gasteiger partial charge is 0.140 e. The molecule has 1 aromatic carbocycles. The second-order valence-corrected chi connectivity index (χ2v) is 4.67. The lowest BCUT2D eigenvalue weighted by atomic mass is 10.2. The standard InChI is InChI=1S/C13H13Cl2N3O/c14-10-4-2-1-3-9(10)7-19-8-12-11(15)5-6-13(17-12)18-16/h1-6H,7-8,16H2,(H,17,18). The van der Waals surface area contributed by atoms with E-state index in [1.54, 1.807) is 12.1 Å². The predicted octanol–water partition coefficient (Wildman–Crippen LogP) is 3.39. The number of hydrogen-bond donors (Lipinski definition) is 2. The van der Waals surface area contributed by atoms with Crippen LogP contribution in [0.15, 0.2) is 36.4 Å². The van der Waals surface area contributed by atoms with Gasteiger partial charge in [0.05, 0.1) is 23.9 Å². The summed E-state index contributed by atoms with van der Waals surface area (Å²) in [7, 11) is 0. The lowest BCUT2D eigenvalue weighted by Crippen LogP contribution is -2.10. The maximum Gasteiger partial charge on any atom is 0.140 e. The number of hydrogen-bond acceptors (Lipinski definition) is 4. The highest BCUT2D eigenvalue weighted by atomic mass is 35.5. The van der Waals surface area contributed by atoms with Crippen LogP contribution >= 0.6 is 23.2 Å². The van der Waals surface area contributed by atoms with Gasteiger partial charge in [-0.2, -0.15) is 0 Å². The van der Waals surface area contributed by atoms with E-state index in [4.69, 9.17) is 33.8 Å². The van der Waals surface area contributed by atoms with Gasteiger partial charge >= 0.3 is 0 Å².